The Morgan fingerprint density at radius 1 is 1.46 bits per heavy atom. The largest absolute Gasteiger partial charge is 0.371 e. The van der Waals surface area contributed by atoms with Crippen molar-refractivity contribution in [1.29, 1.82) is 0 Å². The van der Waals surface area contributed by atoms with Gasteiger partial charge >= 0.3 is 0 Å². The highest BCUT2D eigenvalue weighted by molar-refractivity contribution is 5.55. The standard InChI is InChI=1S/C8H14O2.C2H5O/c1-3-5-6-8(7-9)10-4-2;1-2-3/h3,7-8H,1,4-6H2,2H3;2H2,1H3. The van der Waals surface area contributed by atoms with Crippen LogP contribution in [0.3, 0.4) is 0 Å². The molecule has 1 radical (unpaired) electrons. The van der Waals surface area contributed by atoms with E-state index in [1.165, 1.54) is 0 Å². The van der Waals surface area contributed by atoms with Crippen molar-refractivity contribution in [1.82, 2.24) is 0 Å². The highest BCUT2D eigenvalue weighted by atomic mass is 16.5. The quantitative estimate of drug-likeness (QED) is 0.471. The molecule has 0 aliphatic rings. The Morgan fingerprint density at radius 2 is 2.00 bits per heavy atom. The summed E-state index contributed by atoms with van der Waals surface area (Å²) in [6.45, 7) is 7.60. The van der Waals surface area contributed by atoms with Crippen LogP contribution in [0.1, 0.15) is 26.7 Å². The lowest BCUT2D eigenvalue weighted by molar-refractivity contribution is -0.118. The first kappa shape index (κ1) is 14.8. The van der Waals surface area contributed by atoms with Crippen molar-refractivity contribution >= 4 is 6.29 Å². The zero-order chi connectivity index (χ0) is 10.5. The molecule has 0 fully saturated rings. The Labute approximate surface area is 80.4 Å². The summed E-state index contributed by atoms with van der Waals surface area (Å²) >= 11 is 0. The van der Waals surface area contributed by atoms with Crippen molar-refractivity contribution in [2.45, 2.75) is 32.8 Å². The van der Waals surface area contributed by atoms with Crippen LogP contribution in [0.15, 0.2) is 12.7 Å². The van der Waals surface area contributed by atoms with Gasteiger partial charge in [0.05, 0.1) is 6.61 Å². The minimum absolute atomic E-state index is 0. The summed E-state index contributed by atoms with van der Waals surface area (Å²) in [5.74, 6) is 0. The highest BCUT2D eigenvalue weighted by Gasteiger charge is 2.03. The van der Waals surface area contributed by atoms with Gasteiger partial charge in [-0.05, 0) is 26.7 Å². The van der Waals surface area contributed by atoms with Crippen LogP contribution in [0.4, 0.5) is 0 Å². The molecule has 0 saturated heterocycles. The third-order valence-corrected chi connectivity index (χ3v) is 1.19. The third-order valence-electron chi connectivity index (χ3n) is 1.19. The number of carbonyl (C=O) groups is 1. The predicted molar refractivity (Wildman–Crippen MR) is 52.1 cm³/mol. The summed E-state index contributed by atoms with van der Waals surface area (Å²) < 4.78 is 5.08. The van der Waals surface area contributed by atoms with Gasteiger partial charge in [-0.1, -0.05) is 6.08 Å². The molecule has 0 aromatic rings. The molecule has 0 saturated carbocycles. The van der Waals surface area contributed by atoms with Crippen molar-refractivity contribution in [3.05, 3.63) is 12.7 Å². The molecule has 1 unspecified atom stereocenters. The van der Waals surface area contributed by atoms with Gasteiger partial charge in [-0.3, -0.25) is 0 Å². The highest BCUT2D eigenvalue weighted by Crippen LogP contribution is 1.99. The fraction of sp³-hybridized carbons (Fsp3) is 0.700. The summed E-state index contributed by atoms with van der Waals surface area (Å²) in [5.41, 5.74) is 0. The molecule has 1 atom stereocenters. The Morgan fingerprint density at radius 3 is 2.31 bits per heavy atom. The summed E-state index contributed by atoms with van der Waals surface area (Å²) in [5, 5.41) is 8.93. The van der Waals surface area contributed by atoms with E-state index in [-0.39, 0.29) is 12.7 Å². The Bertz CT molecular complexity index is 113. The van der Waals surface area contributed by atoms with Gasteiger partial charge in [-0.15, -0.1) is 6.58 Å². The normalized spacial score (nSPS) is 11.0. The smallest absolute Gasteiger partial charge is 0.148 e. The van der Waals surface area contributed by atoms with Crippen LogP contribution in [0.5, 0.6) is 0 Å². The molecule has 0 N–H and O–H groups in total. The van der Waals surface area contributed by atoms with Crippen LogP contribution in [0.2, 0.25) is 0 Å². The molecule has 0 rings (SSSR count). The first-order valence-corrected chi connectivity index (χ1v) is 4.52. The van der Waals surface area contributed by atoms with Crippen LogP contribution >= 0.6 is 0 Å². The molecular weight excluding hydrogens is 168 g/mol. The van der Waals surface area contributed by atoms with E-state index in [2.05, 4.69) is 6.58 Å². The Kier molecular flexibility index (Phi) is 15.8. The minimum Gasteiger partial charge on any atom is -0.371 e. The SMILES string of the molecule is C=CCCC(C=O)OCC.CC[O]. The number of aldehydes is 1. The fourth-order valence-corrected chi connectivity index (χ4v) is 0.687. The Balaban J connectivity index is 0. The molecule has 0 aliphatic heterocycles. The lowest BCUT2D eigenvalue weighted by atomic mass is 10.2. The Hall–Kier alpha value is -0.670. The summed E-state index contributed by atoms with van der Waals surface area (Å²) in [4.78, 5) is 10.2. The number of hydrogen-bond acceptors (Lipinski definition) is 2. The van der Waals surface area contributed by atoms with E-state index in [9.17, 15) is 4.79 Å². The van der Waals surface area contributed by atoms with Gasteiger partial charge in [0.25, 0.3) is 0 Å². The molecule has 0 heterocycles. The zero-order valence-electron chi connectivity index (χ0n) is 8.49. The molecular formula is C10H19O3. The molecule has 3 heteroatoms. The van der Waals surface area contributed by atoms with Crippen molar-refractivity contribution in [2.75, 3.05) is 13.2 Å². The van der Waals surface area contributed by atoms with Crippen LogP contribution in [0, 0.1) is 0 Å². The summed E-state index contributed by atoms with van der Waals surface area (Å²) in [7, 11) is 0. The summed E-state index contributed by atoms with van der Waals surface area (Å²) in [6.07, 6.45) is 3.98. The zero-order valence-corrected chi connectivity index (χ0v) is 8.49. The molecule has 0 bridgehead atoms. The van der Waals surface area contributed by atoms with E-state index in [4.69, 9.17) is 9.84 Å². The monoisotopic (exact) mass is 187 g/mol. The van der Waals surface area contributed by atoms with Crippen LogP contribution < -0.4 is 0 Å². The van der Waals surface area contributed by atoms with Crippen LogP contribution in [-0.4, -0.2) is 25.6 Å². The van der Waals surface area contributed by atoms with Gasteiger partial charge in [-0.2, -0.15) is 0 Å². The first-order chi connectivity index (χ1) is 6.26. The van der Waals surface area contributed by atoms with Gasteiger partial charge in [-0.25, -0.2) is 5.11 Å². The fourth-order valence-electron chi connectivity index (χ4n) is 0.687. The van der Waals surface area contributed by atoms with Crippen molar-refractivity contribution in [3.63, 3.8) is 0 Å². The van der Waals surface area contributed by atoms with E-state index in [1.807, 2.05) is 6.92 Å². The number of ether oxygens (including phenoxy) is 1. The summed E-state index contributed by atoms with van der Waals surface area (Å²) in [6, 6.07) is 0. The molecule has 0 aromatic heterocycles. The molecule has 0 aliphatic carbocycles. The molecule has 13 heavy (non-hydrogen) atoms. The second-order valence-electron chi connectivity index (χ2n) is 2.28. The van der Waals surface area contributed by atoms with E-state index in [0.29, 0.717) is 6.61 Å². The lowest BCUT2D eigenvalue weighted by Crippen LogP contribution is -2.13. The van der Waals surface area contributed by atoms with Gasteiger partial charge in [0, 0.05) is 6.61 Å². The second kappa shape index (κ2) is 13.9. The van der Waals surface area contributed by atoms with Gasteiger partial charge in [0.2, 0.25) is 0 Å². The first-order valence-electron chi connectivity index (χ1n) is 4.52. The van der Waals surface area contributed by atoms with E-state index < -0.39 is 0 Å². The molecule has 77 valence electrons. The third kappa shape index (κ3) is 14.2. The second-order valence-corrected chi connectivity index (χ2v) is 2.28. The molecule has 0 aromatic carbocycles. The van der Waals surface area contributed by atoms with E-state index in [0.717, 1.165) is 19.1 Å². The van der Waals surface area contributed by atoms with Crippen LogP contribution in [-0.2, 0) is 14.6 Å². The number of carbonyl (C=O) groups excluding carboxylic acids is 1. The average molecular weight is 187 g/mol. The lowest BCUT2D eigenvalue weighted by Gasteiger charge is -2.07. The average Bonchev–Trinajstić information content (AvgIpc) is 2.13. The van der Waals surface area contributed by atoms with E-state index in [1.54, 1.807) is 13.0 Å². The maximum atomic E-state index is 10.2. The topological polar surface area (TPSA) is 46.2 Å². The number of rotatable bonds is 6. The maximum absolute atomic E-state index is 10.2. The number of hydrogen-bond donors (Lipinski definition) is 0. The molecule has 3 nitrogen and oxygen atoms in total. The minimum atomic E-state index is -0.233. The number of allylic oxidation sites excluding steroid dienone is 1. The predicted octanol–water partition coefficient (Wildman–Crippen LogP) is 1.99. The van der Waals surface area contributed by atoms with Gasteiger partial charge < -0.3 is 9.53 Å². The maximum Gasteiger partial charge on any atom is 0.148 e. The van der Waals surface area contributed by atoms with Crippen molar-refractivity contribution in [2.24, 2.45) is 0 Å². The van der Waals surface area contributed by atoms with Crippen molar-refractivity contribution < 1.29 is 14.6 Å². The molecule has 0 amide bonds. The van der Waals surface area contributed by atoms with Gasteiger partial charge in [0.15, 0.2) is 0 Å². The van der Waals surface area contributed by atoms with Crippen molar-refractivity contribution in [3.8, 4) is 0 Å². The molecule has 0 spiro atoms. The van der Waals surface area contributed by atoms with E-state index >= 15 is 0 Å². The van der Waals surface area contributed by atoms with Gasteiger partial charge in [0.1, 0.15) is 12.4 Å². The van der Waals surface area contributed by atoms with Crippen LogP contribution in [0.25, 0.3) is 0 Å².